The number of hydrogen-bond donors (Lipinski definition) is 1. The molecule has 0 aliphatic carbocycles. The first-order valence-corrected chi connectivity index (χ1v) is 4.78. The van der Waals surface area contributed by atoms with Gasteiger partial charge in [0, 0.05) is 16.7 Å². The van der Waals surface area contributed by atoms with Gasteiger partial charge in [-0.15, -0.1) is 18.8 Å². The Labute approximate surface area is 110 Å². The van der Waals surface area contributed by atoms with Crippen LogP contribution >= 0.6 is 24.0 Å². The molecular formula is C12H10Cl2O3. The normalized spacial score (nSPS) is 9.41. The van der Waals surface area contributed by atoms with Crippen molar-refractivity contribution in [2.24, 2.45) is 0 Å². The standard InChI is InChI=1S/C12H9ClO3.ClH/c1-2-7-16-11-5-4-10(13)8-9(11)3-6-12(14)15;/h1,3-6,8H,7H2,(H,14,15);1H. The molecule has 5 heteroatoms. The highest BCUT2D eigenvalue weighted by Crippen LogP contribution is 2.24. The maximum atomic E-state index is 10.4. The van der Waals surface area contributed by atoms with Crippen LogP contribution in [0.4, 0.5) is 0 Å². The summed E-state index contributed by atoms with van der Waals surface area (Å²) in [4.78, 5) is 10.4. The van der Waals surface area contributed by atoms with E-state index in [9.17, 15) is 4.79 Å². The summed E-state index contributed by atoms with van der Waals surface area (Å²) in [6.45, 7) is 0.121. The van der Waals surface area contributed by atoms with E-state index >= 15 is 0 Å². The molecular weight excluding hydrogens is 263 g/mol. The van der Waals surface area contributed by atoms with E-state index in [-0.39, 0.29) is 19.0 Å². The number of benzene rings is 1. The fourth-order valence-electron chi connectivity index (χ4n) is 1.06. The molecule has 0 unspecified atom stereocenters. The third kappa shape index (κ3) is 5.30. The van der Waals surface area contributed by atoms with Crippen LogP contribution < -0.4 is 4.74 Å². The summed E-state index contributed by atoms with van der Waals surface area (Å²) in [5.74, 6) is 1.79. The lowest BCUT2D eigenvalue weighted by Crippen LogP contribution is -1.95. The average molecular weight is 273 g/mol. The molecule has 0 bridgehead atoms. The number of hydrogen-bond acceptors (Lipinski definition) is 2. The largest absolute Gasteiger partial charge is 0.480 e. The van der Waals surface area contributed by atoms with Gasteiger partial charge >= 0.3 is 5.97 Å². The van der Waals surface area contributed by atoms with Crippen molar-refractivity contribution in [3.05, 3.63) is 34.9 Å². The van der Waals surface area contributed by atoms with E-state index in [0.29, 0.717) is 16.3 Å². The molecule has 0 aromatic heterocycles. The smallest absolute Gasteiger partial charge is 0.328 e. The van der Waals surface area contributed by atoms with Gasteiger partial charge < -0.3 is 9.84 Å². The number of terminal acetylenes is 1. The monoisotopic (exact) mass is 272 g/mol. The lowest BCUT2D eigenvalue weighted by Gasteiger charge is -2.06. The number of rotatable bonds is 4. The third-order valence-electron chi connectivity index (χ3n) is 1.69. The van der Waals surface area contributed by atoms with Crippen LogP contribution in [0.2, 0.25) is 5.02 Å². The number of carboxylic acid groups (broad SMARTS) is 1. The van der Waals surface area contributed by atoms with Crippen LogP contribution in [0.1, 0.15) is 5.56 Å². The van der Waals surface area contributed by atoms with Crippen LogP contribution in [0.15, 0.2) is 24.3 Å². The molecule has 0 atom stereocenters. The van der Waals surface area contributed by atoms with Gasteiger partial charge in [-0.2, -0.15) is 0 Å². The van der Waals surface area contributed by atoms with Crippen LogP contribution in [0.3, 0.4) is 0 Å². The van der Waals surface area contributed by atoms with E-state index in [1.807, 2.05) is 0 Å². The predicted octanol–water partition coefficient (Wildman–Crippen LogP) is 2.87. The van der Waals surface area contributed by atoms with Gasteiger partial charge in [-0.1, -0.05) is 17.5 Å². The van der Waals surface area contributed by atoms with Crippen LogP contribution in [-0.2, 0) is 4.79 Å². The maximum absolute atomic E-state index is 10.4. The molecule has 1 aromatic carbocycles. The van der Waals surface area contributed by atoms with Gasteiger partial charge in [0.1, 0.15) is 12.4 Å². The van der Waals surface area contributed by atoms with Crippen molar-refractivity contribution >= 4 is 36.1 Å². The Morgan fingerprint density at radius 2 is 2.29 bits per heavy atom. The van der Waals surface area contributed by atoms with Gasteiger partial charge in [0.2, 0.25) is 0 Å². The van der Waals surface area contributed by atoms with Crippen molar-refractivity contribution in [3.8, 4) is 18.1 Å². The first-order chi connectivity index (χ1) is 7.63. The summed E-state index contributed by atoms with van der Waals surface area (Å²) in [5.41, 5.74) is 0.574. The molecule has 1 rings (SSSR count). The molecule has 17 heavy (non-hydrogen) atoms. The topological polar surface area (TPSA) is 46.5 Å². The minimum absolute atomic E-state index is 0. The van der Waals surface area contributed by atoms with Gasteiger partial charge in [-0.05, 0) is 24.3 Å². The summed E-state index contributed by atoms with van der Waals surface area (Å²) < 4.78 is 5.23. The Morgan fingerprint density at radius 1 is 1.59 bits per heavy atom. The average Bonchev–Trinajstić information content (AvgIpc) is 2.25. The fourth-order valence-corrected chi connectivity index (χ4v) is 1.24. The van der Waals surface area contributed by atoms with Gasteiger partial charge in [0.15, 0.2) is 0 Å². The van der Waals surface area contributed by atoms with Gasteiger partial charge in [0.25, 0.3) is 0 Å². The van der Waals surface area contributed by atoms with Gasteiger partial charge in [-0.3, -0.25) is 0 Å². The highest BCUT2D eigenvalue weighted by Gasteiger charge is 2.02. The molecule has 0 heterocycles. The van der Waals surface area contributed by atoms with E-state index in [2.05, 4.69) is 5.92 Å². The minimum Gasteiger partial charge on any atom is -0.480 e. The lowest BCUT2D eigenvalue weighted by molar-refractivity contribution is -0.131. The zero-order chi connectivity index (χ0) is 12.0. The second-order valence-corrected chi connectivity index (χ2v) is 3.28. The Hall–Kier alpha value is -1.63. The van der Waals surface area contributed by atoms with Crippen molar-refractivity contribution in [1.29, 1.82) is 0 Å². The number of ether oxygens (including phenoxy) is 1. The molecule has 0 amide bonds. The van der Waals surface area contributed by atoms with Crippen molar-refractivity contribution in [1.82, 2.24) is 0 Å². The van der Waals surface area contributed by atoms with Crippen LogP contribution in [0.25, 0.3) is 6.08 Å². The summed E-state index contributed by atoms with van der Waals surface area (Å²) in [6.07, 6.45) is 7.48. The summed E-state index contributed by atoms with van der Waals surface area (Å²) >= 11 is 5.79. The van der Waals surface area contributed by atoms with E-state index in [0.717, 1.165) is 6.08 Å². The quantitative estimate of drug-likeness (QED) is 0.677. The van der Waals surface area contributed by atoms with E-state index in [1.54, 1.807) is 18.2 Å². The Morgan fingerprint density at radius 3 is 2.88 bits per heavy atom. The molecule has 3 nitrogen and oxygen atoms in total. The SMILES string of the molecule is C#CCOc1ccc(Cl)cc1C=CC(=O)O.Cl. The molecule has 0 aliphatic heterocycles. The highest BCUT2D eigenvalue weighted by molar-refractivity contribution is 6.30. The third-order valence-corrected chi connectivity index (χ3v) is 1.92. The van der Waals surface area contributed by atoms with Gasteiger partial charge in [0.05, 0.1) is 0 Å². The first kappa shape index (κ1) is 15.4. The van der Waals surface area contributed by atoms with E-state index in [4.69, 9.17) is 27.9 Å². The second-order valence-electron chi connectivity index (χ2n) is 2.85. The van der Waals surface area contributed by atoms with E-state index < -0.39 is 5.97 Å². The summed E-state index contributed by atoms with van der Waals surface area (Å²) in [5, 5.41) is 9.02. The Bertz CT molecular complexity index is 461. The molecule has 0 spiro atoms. The molecule has 1 N–H and O–H groups in total. The molecule has 1 aromatic rings. The Kier molecular flexibility index (Phi) is 6.88. The van der Waals surface area contributed by atoms with Crippen molar-refractivity contribution < 1.29 is 14.6 Å². The van der Waals surface area contributed by atoms with Crippen molar-refractivity contribution in [2.75, 3.05) is 6.61 Å². The minimum atomic E-state index is -1.04. The van der Waals surface area contributed by atoms with Crippen molar-refractivity contribution in [3.63, 3.8) is 0 Å². The van der Waals surface area contributed by atoms with Crippen LogP contribution in [0.5, 0.6) is 5.75 Å². The van der Waals surface area contributed by atoms with Crippen molar-refractivity contribution in [2.45, 2.75) is 0 Å². The molecule has 0 saturated carbocycles. The van der Waals surface area contributed by atoms with Gasteiger partial charge in [-0.25, -0.2) is 4.79 Å². The molecule has 0 aliphatic rings. The number of aliphatic carboxylic acids is 1. The molecule has 0 fully saturated rings. The second kappa shape index (κ2) is 7.61. The number of halogens is 2. The van der Waals surface area contributed by atoms with E-state index in [1.165, 1.54) is 6.08 Å². The van der Waals surface area contributed by atoms with Crippen LogP contribution in [-0.4, -0.2) is 17.7 Å². The molecule has 0 radical (unpaired) electrons. The predicted molar refractivity (Wildman–Crippen MR) is 69.7 cm³/mol. The lowest BCUT2D eigenvalue weighted by atomic mass is 10.2. The molecule has 90 valence electrons. The number of carboxylic acids is 1. The maximum Gasteiger partial charge on any atom is 0.328 e. The highest BCUT2D eigenvalue weighted by atomic mass is 35.5. The number of carbonyl (C=O) groups is 1. The summed E-state index contributed by atoms with van der Waals surface area (Å²) in [7, 11) is 0. The zero-order valence-electron chi connectivity index (χ0n) is 8.72. The Balaban J connectivity index is 0.00000256. The zero-order valence-corrected chi connectivity index (χ0v) is 10.3. The molecule has 0 saturated heterocycles. The van der Waals surface area contributed by atoms with Crippen LogP contribution in [0, 0.1) is 12.3 Å². The summed E-state index contributed by atoms with van der Waals surface area (Å²) in [6, 6.07) is 4.89. The first-order valence-electron chi connectivity index (χ1n) is 4.40. The fraction of sp³-hybridized carbons (Fsp3) is 0.0833.